The molecule has 2 heterocycles. The average molecular weight is 504 g/mol. The molecule has 0 unspecified atom stereocenters. The van der Waals surface area contributed by atoms with Gasteiger partial charge in [-0.25, -0.2) is 9.78 Å². The van der Waals surface area contributed by atoms with Crippen LogP contribution >= 0.6 is 23.2 Å². The minimum atomic E-state index is -0.822. The molecule has 8 heteroatoms. The zero-order chi connectivity index (χ0) is 24.5. The predicted molar refractivity (Wildman–Crippen MR) is 137 cm³/mol. The molecule has 0 fully saturated rings. The number of esters is 1. The first-order chi connectivity index (χ1) is 16.4. The van der Waals surface area contributed by atoms with Gasteiger partial charge in [0, 0.05) is 19.3 Å². The number of anilines is 1. The predicted octanol–water partition coefficient (Wildman–Crippen LogP) is 5.40. The highest BCUT2D eigenvalue weighted by Gasteiger charge is 2.23. The fourth-order valence-electron chi connectivity index (χ4n) is 4.01. The number of halogens is 2. The van der Waals surface area contributed by atoms with Gasteiger partial charge in [0.15, 0.2) is 0 Å². The summed E-state index contributed by atoms with van der Waals surface area (Å²) >= 11 is 12.2. The van der Waals surface area contributed by atoms with E-state index in [2.05, 4.69) is 29.4 Å². The van der Waals surface area contributed by atoms with Crippen LogP contribution in [0.25, 0.3) is 0 Å². The molecular formula is C26H31Cl2N3O3. The van der Waals surface area contributed by atoms with Gasteiger partial charge in [-0.2, -0.15) is 0 Å². The molecule has 34 heavy (non-hydrogen) atoms. The number of carbonyl (C=O) groups is 2. The van der Waals surface area contributed by atoms with E-state index in [0.717, 1.165) is 50.2 Å². The number of nitrogens with one attached hydrogen (secondary N) is 1. The molecule has 0 radical (unpaired) electrons. The van der Waals surface area contributed by atoms with Crippen LogP contribution < -0.4 is 10.2 Å². The Bertz CT molecular complexity index is 1020. The van der Waals surface area contributed by atoms with Crippen molar-refractivity contribution in [2.24, 2.45) is 0 Å². The summed E-state index contributed by atoms with van der Waals surface area (Å²) in [6, 6.07) is 8.34. The number of allylic oxidation sites excluding steroid dienone is 1. The average Bonchev–Trinajstić information content (AvgIpc) is 2.82. The van der Waals surface area contributed by atoms with E-state index < -0.39 is 17.9 Å². The van der Waals surface area contributed by atoms with E-state index in [1.165, 1.54) is 19.1 Å². The zero-order valence-corrected chi connectivity index (χ0v) is 21.2. The van der Waals surface area contributed by atoms with E-state index in [-0.39, 0.29) is 15.6 Å². The molecule has 0 spiro atoms. The number of aryl methyl sites for hydroxylation is 2. The van der Waals surface area contributed by atoms with E-state index in [1.807, 2.05) is 12.2 Å². The highest BCUT2D eigenvalue weighted by Crippen LogP contribution is 2.25. The molecule has 1 amide bonds. The van der Waals surface area contributed by atoms with E-state index in [0.29, 0.717) is 6.42 Å². The monoisotopic (exact) mass is 503 g/mol. The maximum Gasteiger partial charge on any atom is 0.328 e. The Morgan fingerprint density at radius 3 is 2.68 bits per heavy atom. The van der Waals surface area contributed by atoms with Crippen molar-refractivity contribution < 1.29 is 14.3 Å². The van der Waals surface area contributed by atoms with E-state index in [4.69, 9.17) is 32.9 Å². The van der Waals surface area contributed by atoms with Crippen molar-refractivity contribution in [2.45, 2.75) is 51.0 Å². The summed E-state index contributed by atoms with van der Waals surface area (Å²) in [5.74, 6) is 0.0878. The molecule has 1 aliphatic rings. The second kappa shape index (κ2) is 12.8. The molecule has 182 valence electrons. The molecule has 1 atom stereocenters. The van der Waals surface area contributed by atoms with Crippen LogP contribution in [0.15, 0.2) is 42.5 Å². The molecule has 0 aliphatic carbocycles. The van der Waals surface area contributed by atoms with Crippen molar-refractivity contribution in [1.29, 1.82) is 0 Å². The van der Waals surface area contributed by atoms with Crippen LogP contribution in [0.2, 0.25) is 10.0 Å². The van der Waals surface area contributed by atoms with Gasteiger partial charge < -0.3 is 15.0 Å². The minimum Gasteiger partial charge on any atom is -0.467 e. The Kier molecular flexibility index (Phi) is 9.78. The third-order valence-electron chi connectivity index (χ3n) is 5.89. The smallest absolute Gasteiger partial charge is 0.328 e. The standard InChI is InChI=1S/C26H31Cl2N3O3/c1-31-17-9-10-18-15-16-19(29-24(18)31)11-6-4-3-5-7-14-22(26(33)34-2)30-25(32)23-20(27)12-8-13-21(23)28/h5,7-8,12-13,15-16,22H,3-4,6,9-11,14,17H2,1-2H3,(H,30,32)/b7-5+/t22-/m0/s1. The Labute approximate surface area is 211 Å². The van der Waals surface area contributed by atoms with Gasteiger partial charge in [0.25, 0.3) is 5.91 Å². The van der Waals surface area contributed by atoms with Gasteiger partial charge in [-0.15, -0.1) is 0 Å². The molecule has 1 N–H and O–H groups in total. The molecule has 6 nitrogen and oxygen atoms in total. The van der Waals surface area contributed by atoms with Crippen molar-refractivity contribution >= 4 is 40.9 Å². The maximum atomic E-state index is 12.6. The van der Waals surface area contributed by atoms with Gasteiger partial charge in [-0.1, -0.05) is 47.5 Å². The number of hydrogen-bond acceptors (Lipinski definition) is 5. The summed E-state index contributed by atoms with van der Waals surface area (Å²) < 4.78 is 4.84. The number of fused-ring (bicyclic) bond motifs is 1. The van der Waals surface area contributed by atoms with Crippen LogP contribution in [0.4, 0.5) is 5.82 Å². The van der Waals surface area contributed by atoms with Crippen LogP contribution in [0.3, 0.4) is 0 Å². The van der Waals surface area contributed by atoms with Crippen molar-refractivity contribution in [3.63, 3.8) is 0 Å². The third kappa shape index (κ3) is 6.97. The summed E-state index contributed by atoms with van der Waals surface area (Å²) in [6.45, 7) is 1.06. The summed E-state index contributed by atoms with van der Waals surface area (Å²) in [4.78, 5) is 31.8. The second-order valence-corrected chi connectivity index (χ2v) is 9.22. The topological polar surface area (TPSA) is 71.5 Å². The van der Waals surface area contributed by atoms with Gasteiger partial charge in [-0.3, -0.25) is 4.79 Å². The number of nitrogens with zero attached hydrogens (tertiary/aromatic N) is 2. The van der Waals surface area contributed by atoms with Crippen LogP contribution in [0.1, 0.15) is 53.7 Å². The van der Waals surface area contributed by atoms with Gasteiger partial charge in [0.05, 0.1) is 22.7 Å². The van der Waals surface area contributed by atoms with Gasteiger partial charge in [-0.05, 0) is 68.7 Å². The lowest BCUT2D eigenvalue weighted by Gasteiger charge is -2.26. The number of amides is 1. The van der Waals surface area contributed by atoms with E-state index >= 15 is 0 Å². The fraction of sp³-hybridized carbons (Fsp3) is 0.423. The van der Waals surface area contributed by atoms with Gasteiger partial charge >= 0.3 is 5.97 Å². The summed E-state index contributed by atoms with van der Waals surface area (Å²) in [5, 5.41) is 3.12. The number of hydrogen-bond donors (Lipinski definition) is 1. The van der Waals surface area contributed by atoms with Crippen molar-refractivity contribution in [3.8, 4) is 0 Å². The molecule has 3 rings (SSSR count). The van der Waals surface area contributed by atoms with Crippen LogP contribution in [-0.4, -0.2) is 43.6 Å². The highest BCUT2D eigenvalue weighted by molar-refractivity contribution is 6.39. The summed E-state index contributed by atoms with van der Waals surface area (Å²) in [6.07, 6.45) is 10.4. The fourth-order valence-corrected chi connectivity index (χ4v) is 4.58. The molecule has 1 aromatic heterocycles. The first-order valence-electron chi connectivity index (χ1n) is 11.6. The molecule has 0 saturated heterocycles. The van der Waals surface area contributed by atoms with E-state index in [9.17, 15) is 9.59 Å². The third-order valence-corrected chi connectivity index (χ3v) is 6.52. The van der Waals surface area contributed by atoms with Crippen LogP contribution in [0.5, 0.6) is 0 Å². The minimum absolute atomic E-state index is 0.144. The first kappa shape index (κ1) is 26.0. The van der Waals surface area contributed by atoms with E-state index in [1.54, 1.807) is 18.2 Å². The Balaban J connectivity index is 1.45. The number of benzene rings is 1. The Morgan fingerprint density at radius 2 is 1.94 bits per heavy atom. The highest BCUT2D eigenvalue weighted by atomic mass is 35.5. The lowest BCUT2D eigenvalue weighted by molar-refractivity contribution is -0.142. The summed E-state index contributed by atoms with van der Waals surface area (Å²) in [7, 11) is 3.40. The zero-order valence-electron chi connectivity index (χ0n) is 19.7. The van der Waals surface area contributed by atoms with Gasteiger partial charge in [0.2, 0.25) is 0 Å². The van der Waals surface area contributed by atoms with Crippen molar-refractivity contribution in [2.75, 3.05) is 25.6 Å². The lowest BCUT2D eigenvalue weighted by atomic mass is 10.0. The molecule has 0 bridgehead atoms. The number of carbonyl (C=O) groups excluding carboxylic acids is 2. The SMILES string of the molecule is COC(=O)[C@H](C/C=C/CCCCc1ccc2c(n1)N(C)CCC2)NC(=O)c1c(Cl)cccc1Cl. The number of ether oxygens (including phenoxy) is 1. The molecule has 1 aliphatic heterocycles. The largest absolute Gasteiger partial charge is 0.467 e. The second-order valence-electron chi connectivity index (χ2n) is 8.41. The quantitative estimate of drug-likeness (QED) is 0.267. The van der Waals surface area contributed by atoms with Gasteiger partial charge in [0.1, 0.15) is 11.9 Å². The first-order valence-corrected chi connectivity index (χ1v) is 12.3. The number of aromatic nitrogens is 1. The lowest BCUT2D eigenvalue weighted by Crippen LogP contribution is -2.41. The van der Waals surface area contributed by atoms with Crippen LogP contribution in [0, 0.1) is 0 Å². The number of methoxy groups -OCH3 is 1. The normalized spacial score (nSPS) is 14.1. The number of rotatable bonds is 10. The molecule has 0 saturated carbocycles. The Hall–Kier alpha value is -2.57. The molecule has 1 aromatic carbocycles. The van der Waals surface area contributed by atoms with Crippen molar-refractivity contribution in [1.82, 2.24) is 10.3 Å². The maximum absolute atomic E-state index is 12.6. The number of pyridine rings is 1. The van der Waals surface area contributed by atoms with Crippen molar-refractivity contribution in [3.05, 3.63) is 69.3 Å². The number of unbranched alkanes of at least 4 members (excludes halogenated alkanes) is 2. The molecular weight excluding hydrogens is 473 g/mol. The summed E-state index contributed by atoms with van der Waals surface area (Å²) in [5.41, 5.74) is 2.61. The van der Waals surface area contributed by atoms with Crippen LogP contribution in [-0.2, 0) is 22.4 Å². The Morgan fingerprint density at radius 1 is 1.18 bits per heavy atom. The molecule has 2 aromatic rings.